The summed E-state index contributed by atoms with van der Waals surface area (Å²) >= 11 is 0. The van der Waals surface area contributed by atoms with E-state index in [0.29, 0.717) is 18.0 Å². The van der Waals surface area contributed by atoms with Gasteiger partial charge < -0.3 is 5.73 Å². The van der Waals surface area contributed by atoms with Crippen LogP contribution in [0.5, 0.6) is 0 Å². The molecule has 0 heterocycles. The molecule has 0 aliphatic rings. The number of sulfonamides is 1. The summed E-state index contributed by atoms with van der Waals surface area (Å²) in [7, 11) is -3.47. The molecule has 21 heavy (non-hydrogen) atoms. The van der Waals surface area contributed by atoms with Crippen molar-refractivity contribution >= 4 is 10.0 Å². The first-order chi connectivity index (χ1) is 9.86. The van der Waals surface area contributed by atoms with Gasteiger partial charge in [-0.25, -0.2) is 8.42 Å². The molecule has 2 N–H and O–H groups in total. The van der Waals surface area contributed by atoms with E-state index in [2.05, 4.69) is 6.92 Å². The van der Waals surface area contributed by atoms with Crippen molar-refractivity contribution in [1.29, 1.82) is 0 Å². The molecule has 0 aliphatic heterocycles. The predicted molar refractivity (Wildman–Crippen MR) is 87.6 cm³/mol. The summed E-state index contributed by atoms with van der Waals surface area (Å²) in [5, 5.41) is 0. The van der Waals surface area contributed by atoms with Crippen molar-refractivity contribution in [2.24, 2.45) is 5.73 Å². The van der Waals surface area contributed by atoms with Crippen molar-refractivity contribution in [3.05, 3.63) is 29.3 Å². The molecule has 1 aromatic rings. The Hall–Kier alpha value is -0.910. The Labute approximate surface area is 129 Å². The van der Waals surface area contributed by atoms with E-state index in [1.807, 2.05) is 26.8 Å². The number of unbranched alkanes of at least 4 members (excludes halogenated alkanes) is 2. The molecule has 4 nitrogen and oxygen atoms in total. The Morgan fingerprint density at radius 3 is 2.43 bits per heavy atom. The maximum Gasteiger partial charge on any atom is 0.243 e. The van der Waals surface area contributed by atoms with Gasteiger partial charge in [0.15, 0.2) is 0 Å². The lowest BCUT2D eigenvalue weighted by Crippen LogP contribution is -2.38. The Kier molecular flexibility index (Phi) is 6.84. The third-order valence-corrected chi connectivity index (χ3v) is 5.98. The van der Waals surface area contributed by atoms with Crippen LogP contribution < -0.4 is 5.73 Å². The highest BCUT2D eigenvalue weighted by molar-refractivity contribution is 7.89. The van der Waals surface area contributed by atoms with Crippen LogP contribution in [0.15, 0.2) is 23.1 Å². The van der Waals surface area contributed by atoms with Crippen LogP contribution in [-0.2, 0) is 16.6 Å². The van der Waals surface area contributed by atoms with E-state index in [0.717, 1.165) is 30.4 Å². The number of hydrogen-bond donors (Lipinski definition) is 1. The molecule has 0 spiro atoms. The summed E-state index contributed by atoms with van der Waals surface area (Å²) in [5.74, 6) is 0. The van der Waals surface area contributed by atoms with Crippen molar-refractivity contribution in [2.75, 3.05) is 6.54 Å². The summed E-state index contributed by atoms with van der Waals surface area (Å²) in [4.78, 5) is 0.385. The molecule has 0 bridgehead atoms. The molecule has 0 aliphatic carbocycles. The van der Waals surface area contributed by atoms with Crippen LogP contribution in [0, 0.1) is 6.92 Å². The Morgan fingerprint density at radius 1 is 1.24 bits per heavy atom. The van der Waals surface area contributed by atoms with E-state index in [1.54, 1.807) is 16.4 Å². The Bertz CT molecular complexity index is 553. The molecule has 0 saturated heterocycles. The van der Waals surface area contributed by atoms with E-state index in [1.165, 1.54) is 0 Å². The van der Waals surface area contributed by atoms with E-state index in [9.17, 15) is 8.42 Å². The molecule has 5 heteroatoms. The molecule has 0 fully saturated rings. The second-order valence-corrected chi connectivity index (χ2v) is 7.52. The van der Waals surface area contributed by atoms with E-state index < -0.39 is 10.0 Å². The zero-order valence-electron chi connectivity index (χ0n) is 13.6. The summed E-state index contributed by atoms with van der Waals surface area (Å²) in [6, 6.07) is 5.28. The second-order valence-electron chi connectivity index (χ2n) is 5.66. The lowest BCUT2D eigenvalue weighted by Gasteiger charge is -2.27. The Morgan fingerprint density at radius 2 is 1.90 bits per heavy atom. The van der Waals surface area contributed by atoms with Crippen molar-refractivity contribution in [3.63, 3.8) is 0 Å². The number of rotatable bonds is 8. The molecular formula is C16H28N2O2S. The SMILES string of the molecule is CCCCCN(C(C)C)S(=O)(=O)c1cccc(CN)c1C. The first-order valence-electron chi connectivity index (χ1n) is 7.66. The Balaban J connectivity index is 3.17. The van der Waals surface area contributed by atoms with Gasteiger partial charge in [0.25, 0.3) is 0 Å². The summed E-state index contributed by atoms with van der Waals surface area (Å²) in [6.07, 6.45) is 3.01. The molecule has 0 amide bonds. The van der Waals surface area contributed by atoms with Gasteiger partial charge in [-0.1, -0.05) is 31.9 Å². The van der Waals surface area contributed by atoms with Crippen LogP contribution >= 0.6 is 0 Å². The summed E-state index contributed by atoms with van der Waals surface area (Å²) in [5.41, 5.74) is 7.34. The van der Waals surface area contributed by atoms with Gasteiger partial charge in [-0.05, 0) is 44.4 Å². The van der Waals surface area contributed by atoms with Crippen molar-refractivity contribution in [1.82, 2.24) is 4.31 Å². The van der Waals surface area contributed by atoms with Gasteiger partial charge in [0, 0.05) is 19.1 Å². The second kappa shape index (κ2) is 7.92. The molecule has 0 aromatic heterocycles. The van der Waals surface area contributed by atoms with Gasteiger partial charge >= 0.3 is 0 Å². The average Bonchev–Trinajstić information content (AvgIpc) is 2.43. The quantitative estimate of drug-likeness (QED) is 0.750. The lowest BCUT2D eigenvalue weighted by atomic mass is 10.1. The summed E-state index contributed by atoms with van der Waals surface area (Å²) < 4.78 is 27.5. The maximum absolute atomic E-state index is 12.9. The number of nitrogens with zero attached hydrogens (tertiary/aromatic N) is 1. The van der Waals surface area contributed by atoms with Gasteiger partial charge in [-0.15, -0.1) is 0 Å². The lowest BCUT2D eigenvalue weighted by molar-refractivity contribution is 0.345. The molecule has 1 rings (SSSR count). The van der Waals surface area contributed by atoms with E-state index in [4.69, 9.17) is 5.73 Å². The van der Waals surface area contributed by atoms with E-state index >= 15 is 0 Å². The van der Waals surface area contributed by atoms with Crippen LogP contribution in [0.3, 0.4) is 0 Å². The van der Waals surface area contributed by atoms with Gasteiger partial charge in [0.1, 0.15) is 0 Å². The highest BCUT2D eigenvalue weighted by Gasteiger charge is 2.28. The van der Waals surface area contributed by atoms with Crippen LogP contribution in [0.2, 0.25) is 0 Å². The predicted octanol–water partition coefficient (Wildman–Crippen LogP) is 3.04. The minimum Gasteiger partial charge on any atom is -0.326 e. The molecule has 120 valence electrons. The van der Waals surface area contributed by atoms with Gasteiger partial charge in [-0.3, -0.25) is 0 Å². The number of nitrogens with two attached hydrogens (primary N) is 1. The standard InChI is InChI=1S/C16H28N2O2S/c1-5-6-7-11-18(13(2)3)21(19,20)16-10-8-9-15(12-17)14(16)4/h8-10,13H,5-7,11-12,17H2,1-4H3. The molecule has 1 aromatic carbocycles. The van der Waals surface area contributed by atoms with Crippen LogP contribution in [0.25, 0.3) is 0 Å². The van der Waals surface area contributed by atoms with Crippen LogP contribution in [0.4, 0.5) is 0 Å². The highest BCUT2D eigenvalue weighted by atomic mass is 32.2. The monoisotopic (exact) mass is 312 g/mol. The fraction of sp³-hybridized carbons (Fsp3) is 0.625. The van der Waals surface area contributed by atoms with Crippen LogP contribution in [-0.4, -0.2) is 25.3 Å². The zero-order chi connectivity index (χ0) is 16.0. The highest BCUT2D eigenvalue weighted by Crippen LogP contribution is 2.24. The zero-order valence-corrected chi connectivity index (χ0v) is 14.4. The molecular weight excluding hydrogens is 284 g/mol. The molecule has 0 radical (unpaired) electrons. The maximum atomic E-state index is 12.9. The average molecular weight is 312 g/mol. The molecule has 0 unspecified atom stereocenters. The largest absolute Gasteiger partial charge is 0.326 e. The fourth-order valence-electron chi connectivity index (χ4n) is 2.46. The normalized spacial score (nSPS) is 12.3. The third-order valence-electron chi connectivity index (χ3n) is 3.76. The molecule has 0 saturated carbocycles. The third kappa shape index (κ3) is 4.28. The van der Waals surface area contributed by atoms with Crippen molar-refractivity contribution in [3.8, 4) is 0 Å². The number of benzene rings is 1. The molecule has 0 atom stereocenters. The van der Waals surface area contributed by atoms with E-state index in [-0.39, 0.29) is 6.04 Å². The van der Waals surface area contributed by atoms with Gasteiger partial charge in [0.05, 0.1) is 4.90 Å². The smallest absolute Gasteiger partial charge is 0.243 e. The van der Waals surface area contributed by atoms with Gasteiger partial charge in [0.2, 0.25) is 10.0 Å². The van der Waals surface area contributed by atoms with Crippen molar-refractivity contribution < 1.29 is 8.42 Å². The number of hydrogen-bond acceptors (Lipinski definition) is 3. The topological polar surface area (TPSA) is 63.4 Å². The minimum atomic E-state index is -3.47. The van der Waals surface area contributed by atoms with Crippen LogP contribution in [0.1, 0.15) is 51.2 Å². The summed E-state index contributed by atoms with van der Waals surface area (Å²) in [6.45, 7) is 8.72. The first-order valence-corrected chi connectivity index (χ1v) is 9.10. The van der Waals surface area contributed by atoms with Gasteiger partial charge in [-0.2, -0.15) is 4.31 Å². The first kappa shape index (κ1) is 18.1. The van der Waals surface area contributed by atoms with Crippen molar-refractivity contribution in [2.45, 2.75) is 64.4 Å². The fourth-order valence-corrected chi connectivity index (χ4v) is 4.41. The minimum absolute atomic E-state index is 0.0483.